The number of likely N-dealkylation sites (tertiary alicyclic amines) is 1. The van der Waals surface area contributed by atoms with Crippen LogP contribution in [0.2, 0.25) is 0 Å². The zero-order chi connectivity index (χ0) is 14.7. The van der Waals surface area contributed by atoms with E-state index in [-0.39, 0.29) is 11.8 Å². The Bertz CT molecular complexity index is 518. The van der Waals surface area contributed by atoms with Gasteiger partial charge in [0, 0.05) is 25.5 Å². The molecule has 0 saturated carbocycles. The summed E-state index contributed by atoms with van der Waals surface area (Å²) >= 11 is 0. The molecular formula is C14H19N3O3. The van der Waals surface area contributed by atoms with Crippen LogP contribution >= 0.6 is 0 Å². The van der Waals surface area contributed by atoms with E-state index in [2.05, 4.69) is 10.3 Å². The van der Waals surface area contributed by atoms with Crippen LogP contribution in [-0.2, 0) is 4.79 Å². The van der Waals surface area contributed by atoms with Crippen LogP contribution in [0, 0.1) is 6.92 Å². The molecule has 2 N–H and O–H groups in total. The maximum Gasteiger partial charge on any atom is 0.407 e. The molecule has 0 radical (unpaired) electrons. The van der Waals surface area contributed by atoms with Crippen molar-refractivity contribution in [3.05, 3.63) is 29.6 Å². The Morgan fingerprint density at radius 1 is 1.50 bits per heavy atom. The highest BCUT2D eigenvalue weighted by Crippen LogP contribution is 2.31. The maximum atomic E-state index is 11.9. The number of nitrogens with one attached hydrogen (secondary N) is 1. The second-order valence-electron chi connectivity index (χ2n) is 5.06. The Morgan fingerprint density at radius 2 is 2.25 bits per heavy atom. The summed E-state index contributed by atoms with van der Waals surface area (Å²) in [7, 11) is 1.53. The Morgan fingerprint density at radius 3 is 2.85 bits per heavy atom. The third kappa shape index (κ3) is 2.89. The number of hydrogen-bond acceptors (Lipinski definition) is 3. The monoisotopic (exact) mass is 277 g/mol. The van der Waals surface area contributed by atoms with Gasteiger partial charge >= 0.3 is 6.09 Å². The summed E-state index contributed by atoms with van der Waals surface area (Å²) in [5.74, 6) is -0.0579. The van der Waals surface area contributed by atoms with E-state index in [9.17, 15) is 14.7 Å². The van der Waals surface area contributed by atoms with Gasteiger partial charge in [-0.1, -0.05) is 0 Å². The van der Waals surface area contributed by atoms with Gasteiger partial charge in [0.2, 0.25) is 5.91 Å². The standard InChI is InChI=1S/C14H19N3O3/c1-9-7-10(3-5-16-9)11-4-6-17(14(19)20)12(8-11)13(18)15-2/h3,5,7,11-12H,4,6,8H2,1-2H3,(H,15,18)(H,19,20). The Kier molecular flexibility index (Phi) is 4.22. The molecule has 2 unspecified atom stereocenters. The second kappa shape index (κ2) is 5.90. The molecule has 2 atom stereocenters. The van der Waals surface area contributed by atoms with Crippen LogP contribution in [0.5, 0.6) is 0 Å². The highest BCUT2D eigenvalue weighted by molar-refractivity contribution is 5.85. The number of aromatic nitrogens is 1. The van der Waals surface area contributed by atoms with Crippen LogP contribution in [0.1, 0.15) is 30.0 Å². The lowest BCUT2D eigenvalue weighted by Crippen LogP contribution is -2.52. The van der Waals surface area contributed by atoms with E-state index in [1.165, 1.54) is 11.9 Å². The summed E-state index contributed by atoms with van der Waals surface area (Å²) in [5, 5.41) is 11.7. The molecule has 0 bridgehead atoms. The van der Waals surface area contributed by atoms with Crippen molar-refractivity contribution in [1.29, 1.82) is 0 Å². The van der Waals surface area contributed by atoms with E-state index >= 15 is 0 Å². The number of rotatable bonds is 2. The van der Waals surface area contributed by atoms with Crippen molar-refractivity contribution in [2.75, 3.05) is 13.6 Å². The van der Waals surface area contributed by atoms with Gasteiger partial charge < -0.3 is 10.4 Å². The first-order valence-corrected chi connectivity index (χ1v) is 6.66. The molecule has 1 aromatic heterocycles. The predicted octanol–water partition coefficient (Wildman–Crippen LogP) is 1.36. The van der Waals surface area contributed by atoms with E-state index in [1.54, 1.807) is 6.20 Å². The normalized spacial score (nSPS) is 22.4. The number of aryl methyl sites for hydroxylation is 1. The van der Waals surface area contributed by atoms with Crippen LogP contribution in [0.4, 0.5) is 4.79 Å². The summed E-state index contributed by atoms with van der Waals surface area (Å²) in [5.41, 5.74) is 2.05. The molecule has 2 amide bonds. The van der Waals surface area contributed by atoms with E-state index in [0.29, 0.717) is 13.0 Å². The molecule has 1 saturated heterocycles. The Balaban J connectivity index is 2.20. The summed E-state index contributed by atoms with van der Waals surface area (Å²) in [4.78, 5) is 28.5. The first kappa shape index (κ1) is 14.3. The van der Waals surface area contributed by atoms with Gasteiger partial charge in [-0.15, -0.1) is 0 Å². The summed E-state index contributed by atoms with van der Waals surface area (Å²) < 4.78 is 0. The lowest BCUT2D eigenvalue weighted by Gasteiger charge is -2.36. The van der Waals surface area contributed by atoms with Gasteiger partial charge in [0.25, 0.3) is 0 Å². The van der Waals surface area contributed by atoms with Crippen molar-refractivity contribution >= 4 is 12.0 Å². The summed E-state index contributed by atoms with van der Waals surface area (Å²) in [6.07, 6.45) is 1.95. The quantitative estimate of drug-likeness (QED) is 0.855. The highest BCUT2D eigenvalue weighted by atomic mass is 16.4. The Hall–Kier alpha value is -2.11. The third-order valence-electron chi connectivity index (χ3n) is 3.79. The first-order valence-electron chi connectivity index (χ1n) is 6.66. The van der Waals surface area contributed by atoms with Gasteiger partial charge in [0.15, 0.2) is 0 Å². The minimum atomic E-state index is -1.04. The smallest absolute Gasteiger partial charge is 0.407 e. The van der Waals surface area contributed by atoms with Crippen molar-refractivity contribution in [3.63, 3.8) is 0 Å². The molecule has 0 aromatic carbocycles. The number of likely N-dealkylation sites (N-methyl/N-ethyl adjacent to an activating group) is 1. The van der Waals surface area contributed by atoms with E-state index in [4.69, 9.17) is 0 Å². The van der Waals surface area contributed by atoms with Crippen molar-refractivity contribution in [2.24, 2.45) is 0 Å². The molecule has 2 heterocycles. The fourth-order valence-corrected chi connectivity index (χ4v) is 2.73. The molecule has 0 aliphatic carbocycles. The number of carboxylic acid groups (broad SMARTS) is 1. The molecule has 6 nitrogen and oxygen atoms in total. The number of hydrogen-bond donors (Lipinski definition) is 2. The third-order valence-corrected chi connectivity index (χ3v) is 3.79. The zero-order valence-corrected chi connectivity index (χ0v) is 11.7. The average molecular weight is 277 g/mol. The average Bonchev–Trinajstić information content (AvgIpc) is 2.45. The predicted molar refractivity (Wildman–Crippen MR) is 73.5 cm³/mol. The van der Waals surface area contributed by atoms with E-state index in [1.807, 2.05) is 19.1 Å². The fraction of sp³-hybridized carbons (Fsp3) is 0.500. The second-order valence-corrected chi connectivity index (χ2v) is 5.06. The van der Waals surface area contributed by atoms with Crippen LogP contribution in [0.25, 0.3) is 0 Å². The van der Waals surface area contributed by atoms with Crippen LogP contribution in [0.3, 0.4) is 0 Å². The molecule has 1 aromatic rings. The minimum absolute atomic E-state index is 0.189. The number of carbonyl (C=O) groups excluding carboxylic acids is 1. The molecule has 108 valence electrons. The van der Waals surface area contributed by atoms with Gasteiger partial charge in [0.1, 0.15) is 6.04 Å². The van der Waals surface area contributed by atoms with Gasteiger partial charge in [0.05, 0.1) is 0 Å². The largest absolute Gasteiger partial charge is 0.465 e. The molecule has 2 rings (SSSR count). The molecule has 1 fully saturated rings. The number of piperidine rings is 1. The molecule has 1 aliphatic rings. The number of carbonyl (C=O) groups is 2. The van der Waals surface area contributed by atoms with E-state index < -0.39 is 12.1 Å². The van der Waals surface area contributed by atoms with E-state index in [0.717, 1.165) is 17.7 Å². The highest BCUT2D eigenvalue weighted by Gasteiger charge is 2.36. The molecule has 0 spiro atoms. The van der Waals surface area contributed by atoms with Crippen LogP contribution < -0.4 is 5.32 Å². The SMILES string of the molecule is CNC(=O)C1CC(c2ccnc(C)c2)CCN1C(=O)O. The summed E-state index contributed by atoms with van der Waals surface area (Å²) in [6, 6.07) is 3.32. The lowest BCUT2D eigenvalue weighted by molar-refractivity contribution is -0.126. The molecule has 1 aliphatic heterocycles. The molecule has 20 heavy (non-hydrogen) atoms. The number of pyridine rings is 1. The fourth-order valence-electron chi connectivity index (χ4n) is 2.73. The van der Waals surface area contributed by atoms with Crippen LogP contribution in [-0.4, -0.2) is 46.6 Å². The van der Waals surface area contributed by atoms with Gasteiger partial charge in [-0.05, 0) is 43.4 Å². The zero-order valence-electron chi connectivity index (χ0n) is 11.7. The Labute approximate surface area is 117 Å². The lowest BCUT2D eigenvalue weighted by atomic mass is 9.85. The van der Waals surface area contributed by atoms with Crippen molar-refractivity contribution < 1.29 is 14.7 Å². The minimum Gasteiger partial charge on any atom is -0.465 e. The number of nitrogens with zero attached hydrogens (tertiary/aromatic N) is 2. The van der Waals surface area contributed by atoms with Gasteiger partial charge in [-0.2, -0.15) is 0 Å². The van der Waals surface area contributed by atoms with Crippen LogP contribution in [0.15, 0.2) is 18.3 Å². The maximum absolute atomic E-state index is 11.9. The van der Waals surface area contributed by atoms with Gasteiger partial charge in [-0.3, -0.25) is 14.7 Å². The topological polar surface area (TPSA) is 82.5 Å². The molecule has 6 heteroatoms. The molecular weight excluding hydrogens is 258 g/mol. The van der Waals surface area contributed by atoms with Crippen molar-refractivity contribution in [1.82, 2.24) is 15.2 Å². The summed E-state index contributed by atoms with van der Waals surface area (Å²) in [6.45, 7) is 2.30. The van der Waals surface area contributed by atoms with Crippen molar-refractivity contribution in [2.45, 2.75) is 31.7 Å². The van der Waals surface area contributed by atoms with Crippen molar-refractivity contribution in [3.8, 4) is 0 Å². The first-order chi connectivity index (χ1) is 9.52. The van der Waals surface area contributed by atoms with Gasteiger partial charge in [-0.25, -0.2) is 4.79 Å². The number of amides is 2.